The number of aliphatic imine (C=N–C) groups is 2. The SMILES string of the molecule is C1=CC2c3c(-c4ccc(C5NC(c6ccccc6)=NC(c6ccccc6)N5)c5ccccc45)ccc(-n4c5ccccc5c5c6ccccc6ccc54)c3OC2C=N1. The summed E-state index contributed by atoms with van der Waals surface area (Å²) in [5, 5.41) is 14.9. The van der Waals surface area contributed by atoms with E-state index in [0.29, 0.717) is 0 Å². The summed E-state index contributed by atoms with van der Waals surface area (Å²) < 4.78 is 9.39. The van der Waals surface area contributed by atoms with Crippen LogP contribution in [0.25, 0.3) is 60.2 Å². The Kier molecular flexibility index (Phi) is 7.46. The molecule has 0 aliphatic carbocycles. The number of nitrogens with one attached hydrogen (secondary N) is 2. The molecule has 0 radical (unpaired) electrons. The molecule has 0 saturated carbocycles. The summed E-state index contributed by atoms with van der Waals surface area (Å²) in [4.78, 5) is 9.70. The fourth-order valence-corrected chi connectivity index (χ4v) is 9.51. The molecule has 0 bridgehead atoms. The van der Waals surface area contributed by atoms with Crippen LogP contribution in [0.1, 0.15) is 40.5 Å². The zero-order chi connectivity index (χ0) is 38.2. The Morgan fingerprint density at radius 3 is 2.17 bits per heavy atom. The minimum atomic E-state index is -0.218. The number of rotatable bonds is 5. The summed E-state index contributed by atoms with van der Waals surface area (Å²) in [6.45, 7) is 0. The van der Waals surface area contributed by atoms with Gasteiger partial charge in [0.1, 0.15) is 30.0 Å². The van der Waals surface area contributed by atoms with Crippen LogP contribution in [0.5, 0.6) is 5.75 Å². The normalized spacial score (nSPS) is 19.6. The van der Waals surface area contributed by atoms with Crippen LogP contribution >= 0.6 is 0 Å². The molecule has 8 aromatic carbocycles. The lowest BCUT2D eigenvalue weighted by atomic mass is 9.85. The van der Waals surface area contributed by atoms with Gasteiger partial charge < -0.3 is 14.6 Å². The number of nitrogens with zero attached hydrogens (tertiary/aromatic N) is 3. The molecule has 9 aromatic rings. The average Bonchev–Trinajstić information content (AvgIpc) is 3.86. The first-order chi connectivity index (χ1) is 28.8. The average molecular weight is 748 g/mol. The van der Waals surface area contributed by atoms with Crippen molar-refractivity contribution in [1.82, 2.24) is 15.2 Å². The van der Waals surface area contributed by atoms with Crippen LogP contribution in [0.2, 0.25) is 0 Å². The van der Waals surface area contributed by atoms with Gasteiger partial charge in [-0.15, -0.1) is 0 Å². The lowest BCUT2D eigenvalue weighted by Crippen LogP contribution is -2.45. The quantitative estimate of drug-likeness (QED) is 0.184. The van der Waals surface area contributed by atoms with E-state index in [1.54, 1.807) is 0 Å². The van der Waals surface area contributed by atoms with Crippen LogP contribution < -0.4 is 15.4 Å². The largest absolute Gasteiger partial charge is 0.481 e. The molecule has 1 aromatic heterocycles. The van der Waals surface area contributed by atoms with Gasteiger partial charge >= 0.3 is 0 Å². The maximum atomic E-state index is 7.00. The number of aromatic nitrogens is 1. The van der Waals surface area contributed by atoms with Crippen molar-refractivity contribution >= 4 is 55.4 Å². The minimum absolute atomic E-state index is 0.0211. The zero-order valence-corrected chi connectivity index (χ0v) is 31.5. The van der Waals surface area contributed by atoms with Gasteiger partial charge in [0, 0.05) is 34.3 Å². The van der Waals surface area contributed by atoms with E-state index in [-0.39, 0.29) is 24.4 Å². The fourth-order valence-electron chi connectivity index (χ4n) is 9.51. The zero-order valence-electron chi connectivity index (χ0n) is 31.5. The summed E-state index contributed by atoms with van der Waals surface area (Å²) in [5.74, 6) is 1.79. The first-order valence-corrected chi connectivity index (χ1v) is 20.0. The Morgan fingerprint density at radius 2 is 1.31 bits per heavy atom. The van der Waals surface area contributed by atoms with E-state index in [1.807, 2.05) is 24.5 Å². The molecule has 4 unspecified atom stereocenters. The lowest BCUT2D eigenvalue weighted by Gasteiger charge is -2.33. The standard InChI is InChI=1S/C52H37N5O/c1-3-14-33(15-4-1)50-54-51(34-16-5-2-6-17-34)56-52(55-50)40-25-24-38(36-19-9-10-20-37(36)40)39-26-28-45(49-48(39)42-29-30-53-31-46(42)58-49)57-43-22-12-11-21-41(43)47-35-18-8-7-13-32(35)23-27-44(47)57/h1-31,42,46,50,52,55H,(H,54,56). The van der Waals surface area contributed by atoms with Crippen molar-refractivity contribution in [3.8, 4) is 22.6 Å². The van der Waals surface area contributed by atoms with Gasteiger partial charge in [0.05, 0.1) is 22.6 Å². The molecule has 4 heterocycles. The van der Waals surface area contributed by atoms with Gasteiger partial charge in [-0.2, -0.15) is 0 Å². The second-order valence-corrected chi connectivity index (χ2v) is 15.3. The predicted molar refractivity (Wildman–Crippen MR) is 237 cm³/mol. The molecule has 0 fully saturated rings. The van der Waals surface area contributed by atoms with Crippen molar-refractivity contribution in [3.05, 3.63) is 204 Å². The third kappa shape index (κ3) is 5.08. The summed E-state index contributed by atoms with van der Waals surface area (Å²) in [7, 11) is 0. The monoisotopic (exact) mass is 747 g/mol. The van der Waals surface area contributed by atoms with E-state index in [9.17, 15) is 0 Å². The lowest BCUT2D eigenvalue weighted by molar-refractivity contribution is 0.291. The van der Waals surface area contributed by atoms with Crippen LogP contribution in [-0.2, 0) is 0 Å². The highest BCUT2D eigenvalue weighted by atomic mass is 16.5. The molecule has 6 heteroatoms. The Hall–Kier alpha value is -7.28. The van der Waals surface area contributed by atoms with Gasteiger partial charge in [-0.3, -0.25) is 10.3 Å². The topological polar surface area (TPSA) is 62.9 Å². The van der Waals surface area contributed by atoms with E-state index < -0.39 is 0 Å². The molecule has 0 amide bonds. The Morgan fingerprint density at radius 1 is 0.586 bits per heavy atom. The Labute approximate surface area is 335 Å². The van der Waals surface area contributed by atoms with Gasteiger partial charge in [-0.1, -0.05) is 158 Å². The molecule has 58 heavy (non-hydrogen) atoms. The number of ether oxygens (including phenoxy) is 1. The van der Waals surface area contributed by atoms with Gasteiger partial charge in [-0.25, -0.2) is 4.99 Å². The number of para-hydroxylation sites is 1. The van der Waals surface area contributed by atoms with Gasteiger partial charge in [0.2, 0.25) is 0 Å². The van der Waals surface area contributed by atoms with Crippen molar-refractivity contribution in [3.63, 3.8) is 0 Å². The number of amidine groups is 1. The maximum absolute atomic E-state index is 7.00. The smallest absolute Gasteiger partial charge is 0.148 e. The second kappa shape index (κ2) is 13.2. The summed E-state index contributed by atoms with van der Waals surface area (Å²) >= 11 is 0. The minimum Gasteiger partial charge on any atom is -0.481 e. The highest BCUT2D eigenvalue weighted by Crippen LogP contribution is 2.51. The first-order valence-electron chi connectivity index (χ1n) is 20.0. The molecule has 0 saturated heterocycles. The molecule has 4 atom stereocenters. The van der Waals surface area contributed by atoms with E-state index in [1.165, 1.54) is 49.0 Å². The van der Waals surface area contributed by atoms with Crippen molar-refractivity contribution < 1.29 is 4.74 Å². The van der Waals surface area contributed by atoms with Crippen LogP contribution in [0, 0.1) is 0 Å². The highest BCUT2D eigenvalue weighted by Gasteiger charge is 2.38. The first kappa shape index (κ1) is 32.9. The van der Waals surface area contributed by atoms with Crippen LogP contribution in [0.3, 0.4) is 0 Å². The van der Waals surface area contributed by atoms with Crippen molar-refractivity contribution in [2.24, 2.45) is 9.98 Å². The molecule has 0 spiro atoms. The fraction of sp³-hybridized carbons (Fsp3) is 0.0769. The van der Waals surface area contributed by atoms with Crippen LogP contribution in [0.15, 0.2) is 192 Å². The molecular weight excluding hydrogens is 711 g/mol. The molecule has 3 aliphatic rings. The number of fused-ring (bicyclic) bond motifs is 9. The third-order valence-corrected chi connectivity index (χ3v) is 12.1. The summed E-state index contributed by atoms with van der Waals surface area (Å²) in [5.41, 5.74) is 10.2. The highest BCUT2D eigenvalue weighted by molar-refractivity contribution is 6.21. The van der Waals surface area contributed by atoms with Gasteiger partial charge in [-0.05, 0) is 62.0 Å². The predicted octanol–water partition coefficient (Wildman–Crippen LogP) is 11.5. The molecular formula is C52H37N5O. The van der Waals surface area contributed by atoms with E-state index in [2.05, 4.69) is 184 Å². The van der Waals surface area contributed by atoms with E-state index in [4.69, 9.17) is 9.73 Å². The summed E-state index contributed by atoms with van der Waals surface area (Å²) in [6.07, 6.45) is 5.46. The van der Waals surface area contributed by atoms with Crippen molar-refractivity contribution in [2.75, 3.05) is 0 Å². The van der Waals surface area contributed by atoms with Gasteiger partial charge in [0.15, 0.2) is 0 Å². The number of benzene rings is 8. The molecule has 2 N–H and O–H groups in total. The molecule has 3 aliphatic heterocycles. The third-order valence-electron chi connectivity index (χ3n) is 12.1. The second-order valence-electron chi connectivity index (χ2n) is 15.3. The van der Waals surface area contributed by atoms with E-state index in [0.717, 1.165) is 45.0 Å². The maximum Gasteiger partial charge on any atom is 0.148 e. The van der Waals surface area contributed by atoms with Gasteiger partial charge in [0.25, 0.3) is 0 Å². The Balaban J connectivity index is 1.04. The number of hydrogen-bond donors (Lipinski definition) is 2. The van der Waals surface area contributed by atoms with Crippen molar-refractivity contribution in [1.29, 1.82) is 0 Å². The Bertz CT molecular complexity index is 3180. The van der Waals surface area contributed by atoms with Crippen LogP contribution in [-0.4, -0.2) is 22.7 Å². The van der Waals surface area contributed by atoms with E-state index >= 15 is 0 Å². The summed E-state index contributed by atoms with van der Waals surface area (Å²) in [6, 6.07) is 60.7. The molecule has 276 valence electrons. The van der Waals surface area contributed by atoms with Crippen molar-refractivity contribution in [2.45, 2.75) is 24.4 Å². The molecule has 6 nitrogen and oxygen atoms in total. The van der Waals surface area contributed by atoms with Crippen LogP contribution in [0.4, 0.5) is 0 Å². The number of hydrogen-bond acceptors (Lipinski definition) is 5. The molecule has 12 rings (SSSR count).